The quantitative estimate of drug-likeness (QED) is 0.739. The molecular formula is C12H14N2O2. The lowest BCUT2D eigenvalue weighted by molar-refractivity contribution is -0.143. The molecule has 16 heavy (non-hydrogen) atoms. The Morgan fingerprint density at radius 1 is 1.50 bits per heavy atom. The number of carbonyl (C=O) groups excluding carboxylic acids is 1. The highest BCUT2D eigenvalue weighted by Gasteiger charge is 2.07. The minimum atomic E-state index is -0.234. The first-order valence-electron chi connectivity index (χ1n) is 5.28. The van der Waals surface area contributed by atoms with E-state index in [-0.39, 0.29) is 12.5 Å². The Morgan fingerprint density at radius 3 is 3.06 bits per heavy atom. The molecule has 0 aliphatic rings. The fourth-order valence-corrected chi connectivity index (χ4v) is 1.65. The third-order valence-corrected chi connectivity index (χ3v) is 2.38. The SMILES string of the molecule is CCOC(=O)Cn1cnc2cc(C)ccc21. The van der Waals surface area contributed by atoms with E-state index >= 15 is 0 Å². The summed E-state index contributed by atoms with van der Waals surface area (Å²) in [6.07, 6.45) is 1.67. The summed E-state index contributed by atoms with van der Waals surface area (Å²) in [5.41, 5.74) is 3.02. The predicted octanol–water partition coefficient (Wildman–Crippen LogP) is 1.91. The third kappa shape index (κ3) is 2.05. The monoisotopic (exact) mass is 218 g/mol. The van der Waals surface area contributed by atoms with Crippen LogP contribution in [0, 0.1) is 6.92 Å². The van der Waals surface area contributed by atoms with Gasteiger partial charge < -0.3 is 9.30 Å². The van der Waals surface area contributed by atoms with Crippen molar-refractivity contribution in [2.75, 3.05) is 6.61 Å². The number of aromatic nitrogens is 2. The Morgan fingerprint density at radius 2 is 2.31 bits per heavy atom. The molecule has 4 heteroatoms. The number of esters is 1. The van der Waals surface area contributed by atoms with Crippen LogP contribution in [-0.4, -0.2) is 22.1 Å². The molecule has 0 spiro atoms. The van der Waals surface area contributed by atoms with Gasteiger partial charge in [0.25, 0.3) is 0 Å². The summed E-state index contributed by atoms with van der Waals surface area (Å²) in [7, 11) is 0. The first kappa shape index (κ1) is 10.7. The van der Waals surface area contributed by atoms with Crippen molar-refractivity contribution in [3.05, 3.63) is 30.1 Å². The maximum absolute atomic E-state index is 11.4. The van der Waals surface area contributed by atoms with Gasteiger partial charge in [0.2, 0.25) is 0 Å². The van der Waals surface area contributed by atoms with Crippen molar-refractivity contribution in [1.82, 2.24) is 9.55 Å². The molecule has 0 aliphatic heterocycles. The van der Waals surface area contributed by atoms with E-state index in [1.807, 2.05) is 25.1 Å². The summed E-state index contributed by atoms with van der Waals surface area (Å²) < 4.78 is 6.70. The van der Waals surface area contributed by atoms with Crippen molar-refractivity contribution in [3.8, 4) is 0 Å². The van der Waals surface area contributed by atoms with Crippen LogP contribution in [0.25, 0.3) is 11.0 Å². The highest BCUT2D eigenvalue weighted by Crippen LogP contribution is 2.14. The lowest BCUT2D eigenvalue weighted by Gasteiger charge is -2.03. The van der Waals surface area contributed by atoms with E-state index in [1.165, 1.54) is 0 Å². The molecule has 2 rings (SSSR count). The second-order valence-electron chi connectivity index (χ2n) is 3.67. The van der Waals surface area contributed by atoms with Gasteiger partial charge in [0, 0.05) is 0 Å². The molecule has 0 aliphatic carbocycles. The molecular weight excluding hydrogens is 204 g/mol. The largest absolute Gasteiger partial charge is 0.465 e. The number of nitrogens with zero attached hydrogens (tertiary/aromatic N) is 2. The third-order valence-electron chi connectivity index (χ3n) is 2.38. The van der Waals surface area contributed by atoms with E-state index in [2.05, 4.69) is 4.98 Å². The highest BCUT2D eigenvalue weighted by molar-refractivity contribution is 5.78. The van der Waals surface area contributed by atoms with Crippen molar-refractivity contribution in [3.63, 3.8) is 0 Å². The van der Waals surface area contributed by atoms with E-state index in [1.54, 1.807) is 17.8 Å². The van der Waals surface area contributed by atoms with Crippen molar-refractivity contribution in [2.45, 2.75) is 20.4 Å². The van der Waals surface area contributed by atoms with Gasteiger partial charge in [-0.2, -0.15) is 0 Å². The number of rotatable bonds is 3. The molecule has 0 saturated carbocycles. The summed E-state index contributed by atoms with van der Waals surface area (Å²) >= 11 is 0. The molecule has 0 unspecified atom stereocenters. The molecule has 0 radical (unpaired) electrons. The molecule has 0 N–H and O–H groups in total. The fraction of sp³-hybridized carbons (Fsp3) is 0.333. The Labute approximate surface area is 93.9 Å². The van der Waals surface area contributed by atoms with Crippen molar-refractivity contribution in [2.24, 2.45) is 0 Å². The first-order valence-corrected chi connectivity index (χ1v) is 5.28. The van der Waals surface area contributed by atoms with Crippen LogP contribution in [0.2, 0.25) is 0 Å². The summed E-state index contributed by atoms with van der Waals surface area (Å²) in [5.74, 6) is -0.234. The Bertz CT molecular complexity index is 517. The van der Waals surface area contributed by atoms with Crippen LogP contribution >= 0.6 is 0 Å². The molecule has 0 amide bonds. The molecule has 84 valence electrons. The number of hydrogen-bond acceptors (Lipinski definition) is 3. The van der Waals surface area contributed by atoms with Crippen LogP contribution in [0.4, 0.5) is 0 Å². The number of ether oxygens (including phenoxy) is 1. The van der Waals surface area contributed by atoms with Gasteiger partial charge in [-0.1, -0.05) is 6.07 Å². The Balaban J connectivity index is 2.28. The van der Waals surface area contributed by atoms with Crippen LogP contribution in [0.5, 0.6) is 0 Å². The number of hydrogen-bond donors (Lipinski definition) is 0. The molecule has 1 aromatic carbocycles. The van der Waals surface area contributed by atoms with E-state index in [9.17, 15) is 4.79 Å². The number of imidazole rings is 1. The number of aryl methyl sites for hydroxylation is 1. The van der Waals surface area contributed by atoms with Gasteiger partial charge in [-0.15, -0.1) is 0 Å². The number of benzene rings is 1. The van der Waals surface area contributed by atoms with Gasteiger partial charge in [0.1, 0.15) is 6.54 Å². The predicted molar refractivity (Wildman–Crippen MR) is 61.1 cm³/mol. The van der Waals surface area contributed by atoms with E-state index in [4.69, 9.17) is 4.74 Å². The van der Waals surface area contributed by atoms with Gasteiger partial charge >= 0.3 is 5.97 Å². The minimum absolute atomic E-state index is 0.216. The smallest absolute Gasteiger partial charge is 0.325 e. The first-order chi connectivity index (χ1) is 7.70. The zero-order valence-corrected chi connectivity index (χ0v) is 9.43. The Kier molecular flexibility index (Phi) is 2.90. The van der Waals surface area contributed by atoms with Crippen LogP contribution < -0.4 is 0 Å². The average Bonchev–Trinajstić information content (AvgIpc) is 2.61. The molecule has 2 aromatic rings. The molecule has 1 heterocycles. The highest BCUT2D eigenvalue weighted by atomic mass is 16.5. The molecule has 1 aromatic heterocycles. The van der Waals surface area contributed by atoms with Gasteiger partial charge in [0.15, 0.2) is 0 Å². The molecule has 4 nitrogen and oxygen atoms in total. The normalized spacial score (nSPS) is 10.6. The topological polar surface area (TPSA) is 44.1 Å². The van der Waals surface area contributed by atoms with E-state index < -0.39 is 0 Å². The summed E-state index contributed by atoms with van der Waals surface area (Å²) in [6.45, 7) is 4.44. The maximum atomic E-state index is 11.4. The lowest BCUT2D eigenvalue weighted by atomic mass is 10.2. The number of fused-ring (bicyclic) bond motifs is 1. The second kappa shape index (κ2) is 4.35. The molecule has 0 atom stereocenters. The zero-order valence-electron chi connectivity index (χ0n) is 9.43. The van der Waals surface area contributed by atoms with Crippen molar-refractivity contribution in [1.29, 1.82) is 0 Å². The summed E-state index contributed by atoms with van der Waals surface area (Å²) in [6, 6.07) is 5.97. The molecule has 0 saturated heterocycles. The van der Waals surface area contributed by atoms with Gasteiger partial charge in [-0.05, 0) is 31.5 Å². The lowest BCUT2D eigenvalue weighted by Crippen LogP contribution is -2.12. The summed E-state index contributed by atoms with van der Waals surface area (Å²) in [4.78, 5) is 15.6. The second-order valence-corrected chi connectivity index (χ2v) is 3.67. The Hall–Kier alpha value is -1.84. The van der Waals surface area contributed by atoms with Crippen molar-refractivity contribution < 1.29 is 9.53 Å². The van der Waals surface area contributed by atoms with Crippen LogP contribution in [0.1, 0.15) is 12.5 Å². The van der Waals surface area contributed by atoms with Crippen LogP contribution in [-0.2, 0) is 16.1 Å². The van der Waals surface area contributed by atoms with Crippen LogP contribution in [0.15, 0.2) is 24.5 Å². The standard InChI is InChI=1S/C12H14N2O2/c1-3-16-12(15)7-14-8-13-10-6-9(2)4-5-11(10)14/h4-6,8H,3,7H2,1-2H3. The number of carbonyl (C=O) groups is 1. The average molecular weight is 218 g/mol. The minimum Gasteiger partial charge on any atom is -0.465 e. The van der Waals surface area contributed by atoms with Gasteiger partial charge in [0.05, 0.1) is 24.0 Å². The van der Waals surface area contributed by atoms with Gasteiger partial charge in [-0.3, -0.25) is 4.79 Å². The maximum Gasteiger partial charge on any atom is 0.325 e. The van der Waals surface area contributed by atoms with Crippen molar-refractivity contribution >= 4 is 17.0 Å². The van der Waals surface area contributed by atoms with Crippen LogP contribution in [0.3, 0.4) is 0 Å². The summed E-state index contributed by atoms with van der Waals surface area (Å²) in [5, 5.41) is 0. The van der Waals surface area contributed by atoms with E-state index in [0.717, 1.165) is 16.6 Å². The fourth-order valence-electron chi connectivity index (χ4n) is 1.65. The molecule has 0 bridgehead atoms. The van der Waals surface area contributed by atoms with Gasteiger partial charge in [-0.25, -0.2) is 4.98 Å². The van der Waals surface area contributed by atoms with E-state index in [0.29, 0.717) is 6.61 Å². The molecule has 0 fully saturated rings. The zero-order chi connectivity index (χ0) is 11.5.